The summed E-state index contributed by atoms with van der Waals surface area (Å²) in [4.78, 5) is 0. The van der Waals surface area contributed by atoms with Crippen LogP contribution < -0.4 is 10.1 Å². The smallest absolute Gasteiger partial charge is 0.123 e. The normalized spacial score (nSPS) is 10.4. The number of phenols is 2. The highest BCUT2D eigenvalue weighted by Crippen LogP contribution is 2.22. The molecule has 0 aromatic heterocycles. The number of nitrogens with one attached hydrogen (secondary N) is 1. The fourth-order valence-electron chi connectivity index (χ4n) is 1.79. The summed E-state index contributed by atoms with van der Waals surface area (Å²) in [6, 6.07) is 12.4. The molecule has 0 fully saturated rings. The summed E-state index contributed by atoms with van der Waals surface area (Å²) in [5.74, 6) is 0.999. The first-order chi connectivity index (χ1) is 9.19. The predicted octanol–water partition coefficient (Wildman–Crippen LogP) is 2.40. The van der Waals surface area contributed by atoms with E-state index in [4.69, 9.17) is 4.74 Å². The van der Waals surface area contributed by atoms with Gasteiger partial charge in [0, 0.05) is 24.7 Å². The predicted molar refractivity (Wildman–Crippen MR) is 73.3 cm³/mol. The Morgan fingerprint density at radius 2 is 1.74 bits per heavy atom. The topological polar surface area (TPSA) is 61.7 Å². The van der Waals surface area contributed by atoms with E-state index in [0.29, 0.717) is 13.1 Å². The van der Waals surface area contributed by atoms with Gasteiger partial charge in [-0.3, -0.25) is 0 Å². The molecule has 0 saturated carbocycles. The molecule has 0 aliphatic carbocycles. The maximum absolute atomic E-state index is 9.64. The molecule has 0 aliphatic rings. The first-order valence-electron chi connectivity index (χ1n) is 6.03. The summed E-state index contributed by atoms with van der Waals surface area (Å²) in [5.41, 5.74) is 1.89. The Hall–Kier alpha value is -2.20. The maximum atomic E-state index is 9.64. The molecule has 0 aliphatic heterocycles. The van der Waals surface area contributed by atoms with E-state index in [2.05, 4.69) is 5.32 Å². The molecule has 2 rings (SSSR count). The van der Waals surface area contributed by atoms with Crippen LogP contribution in [-0.4, -0.2) is 17.3 Å². The average molecular weight is 259 g/mol. The fraction of sp³-hybridized carbons (Fsp3) is 0.200. The van der Waals surface area contributed by atoms with E-state index in [1.807, 2.05) is 24.3 Å². The Balaban J connectivity index is 1.88. The number of methoxy groups -OCH3 is 1. The van der Waals surface area contributed by atoms with Crippen LogP contribution in [0.25, 0.3) is 0 Å². The Bertz CT molecular complexity index is 538. The molecule has 0 atom stereocenters. The van der Waals surface area contributed by atoms with Gasteiger partial charge in [-0.2, -0.15) is 0 Å². The van der Waals surface area contributed by atoms with E-state index in [-0.39, 0.29) is 11.5 Å². The van der Waals surface area contributed by atoms with Gasteiger partial charge < -0.3 is 20.3 Å². The van der Waals surface area contributed by atoms with E-state index in [0.717, 1.165) is 16.9 Å². The summed E-state index contributed by atoms with van der Waals surface area (Å²) in [6.45, 7) is 1.24. The third-order valence-electron chi connectivity index (χ3n) is 2.87. The second kappa shape index (κ2) is 6.11. The van der Waals surface area contributed by atoms with Crippen LogP contribution in [0, 0.1) is 0 Å². The molecule has 4 heteroatoms. The first-order valence-corrected chi connectivity index (χ1v) is 6.03. The second-order valence-corrected chi connectivity index (χ2v) is 4.26. The van der Waals surface area contributed by atoms with Crippen molar-refractivity contribution in [2.75, 3.05) is 7.11 Å². The van der Waals surface area contributed by atoms with Crippen LogP contribution in [0.15, 0.2) is 42.5 Å². The van der Waals surface area contributed by atoms with Gasteiger partial charge in [-0.15, -0.1) is 0 Å². The highest BCUT2D eigenvalue weighted by molar-refractivity contribution is 5.38. The van der Waals surface area contributed by atoms with Crippen molar-refractivity contribution in [3.8, 4) is 17.2 Å². The minimum absolute atomic E-state index is 0.0661. The van der Waals surface area contributed by atoms with Gasteiger partial charge in [0.05, 0.1) is 7.11 Å². The van der Waals surface area contributed by atoms with Crippen LogP contribution in [0.3, 0.4) is 0 Å². The molecule has 2 aromatic carbocycles. The molecule has 2 aromatic rings. The van der Waals surface area contributed by atoms with Crippen LogP contribution in [0.2, 0.25) is 0 Å². The number of rotatable bonds is 5. The average Bonchev–Trinajstić information content (AvgIpc) is 2.42. The van der Waals surface area contributed by atoms with Crippen LogP contribution in [0.4, 0.5) is 0 Å². The third-order valence-corrected chi connectivity index (χ3v) is 2.87. The third kappa shape index (κ3) is 3.63. The van der Waals surface area contributed by atoms with Gasteiger partial charge in [-0.25, -0.2) is 0 Å². The lowest BCUT2D eigenvalue weighted by Gasteiger charge is -2.08. The van der Waals surface area contributed by atoms with Crippen molar-refractivity contribution in [2.24, 2.45) is 0 Å². The van der Waals surface area contributed by atoms with Crippen LogP contribution in [0.5, 0.6) is 17.2 Å². The summed E-state index contributed by atoms with van der Waals surface area (Å²) in [5, 5.41) is 22.1. The van der Waals surface area contributed by atoms with Crippen molar-refractivity contribution in [2.45, 2.75) is 13.1 Å². The molecule has 100 valence electrons. The zero-order valence-electron chi connectivity index (χ0n) is 10.8. The van der Waals surface area contributed by atoms with Crippen molar-refractivity contribution in [3.63, 3.8) is 0 Å². The molecule has 3 N–H and O–H groups in total. The molecule has 0 heterocycles. The maximum Gasteiger partial charge on any atom is 0.123 e. The number of aromatic hydroxyl groups is 2. The van der Waals surface area contributed by atoms with Crippen molar-refractivity contribution >= 4 is 0 Å². The van der Waals surface area contributed by atoms with Gasteiger partial charge in [0.25, 0.3) is 0 Å². The Labute approximate surface area is 112 Å². The van der Waals surface area contributed by atoms with Gasteiger partial charge >= 0.3 is 0 Å². The quantitative estimate of drug-likeness (QED) is 0.771. The Morgan fingerprint density at radius 1 is 1.00 bits per heavy atom. The van der Waals surface area contributed by atoms with E-state index in [1.54, 1.807) is 19.2 Å². The SMILES string of the molecule is COc1ccc(CNCc2ccc(O)cc2O)cc1. The lowest BCUT2D eigenvalue weighted by atomic mass is 10.1. The number of phenolic OH excluding ortho intramolecular Hbond substituents is 2. The number of hydrogen-bond acceptors (Lipinski definition) is 4. The molecule has 19 heavy (non-hydrogen) atoms. The summed E-state index contributed by atoms with van der Waals surface area (Å²) in [7, 11) is 1.64. The van der Waals surface area contributed by atoms with Crippen LogP contribution in [-0.2, 0) is 13.1 Å². The minimum Gasteiger partial charge on any atom is -0.508 e. The van der Waals surface area contributed by atoms with Gasteiger partial charge in [-0.05, 0) is 23.8 Å². The summed E-state index contributed by atoms with van der Waals surface area (Å²) in [6.07, 6.45) is 0. The van der Waals surface area contributed by atoms with Gasteiger partial charge in [0.1, 0.15) is 17.2 Å². The summed E-state index contributed by atoms with van der Waals surface area (Å²) >= 11 is 0. The van der Waals surface area contributed by atoms with Crippen molar-refractivity contribution in [3.05, 3.63) is 53.6 Å². The van der Waals surface area contributed by atoms with E-state index < -0.39 is 0 Å². The highest BCUT2D eigenvalue weighted by atomic mass is 16.5. The zero-order chi connectivity index (χ0) is 13.7. The van der Waals surface area contributed by atoms with Crippen LogP contribution >= 0.6 is 0 Å². The first kappa shape index (κ1) is 13.2. The van der Waals surface area contributed by atoms with Gasteiger partial charge in [0.15, 0.2) is 0 Å². The van der Waals surface area contributed by atoms with E-state index in [1.165, 1.54) is 6.07 Å². The molecule has 0 amide bonds. The monoisotopic (exact) mass is 259 g/mol. The highest BCUT2D eigenvalue weighted by Gasteiger charge is 2.02. The number of benzene rings is 2. The molecule has 0 radical (unpaired) electrons. The molecule has 0 saturated heterocycles. The van der Waals surface area contributed by atoms with E-state index >= 15 is 0 Å². The molecule has 0 bridgehead atoms. The minimum atomic E-state index is 0.0661. The van der Waals surface area contributed by atoms with Crippen LogP contribution in [0.1, 0.15) is 11.1 Å². The van der Waals surface area contributed by atoms with Crippen molar-refractivity contribution < 1.29 is 14.9 Å². The molecule has 4 nitrogen and oxygen atoms in total. The van der Waals surface area contributed by atoms with Gasteiger partial charge in [-0.1, -0.05) is 18.2 Å². The Kier molecular flexibility index (Phi) is 4.26. The summed E-state index contributed by atoms with van der Waals surface area (Å²) < 4.78 is 5.09. The van der Waals surface area contributed by atoms with Gasteiger partial charge in [0.2, 0.25) is 0 Å². The molecule has 0 unspecified atom stereocenters. The molecular weight excluding hydrogens is 242 g/mol. The standard InChI is InChI=1S/C15H17NO3/c1-19-14-6-2-11(3-7-14)9-16-10-12-4-5-13(17)8-15(12)18/h2-8,16-18H,9-10H2,1H3. The lowest BCUT2D eigenvalue weighted by Crippen LogP contribution is -2.12. The molecular formula is C15H17NO3. The number of ether oxygens (including phenoxy) is 1. The van der Waals surface area contributed by atoms with Crippen molar-refractivity contribution in [1.82, 2.24) is 5.32 Å². The lowest BCUT2D eigenvalue weighted by molar-refractivity contribution is 0.414. The fourth-order valence-corrected chi connectivity index (χ4v) is 1.79. The largest absolute Gasteiger partial charge is 0.508 e. The second-order valence-electron chi connectivity index (χ2n) is 4.26. The van der Waals surface area contributed by atoms with Crippen molar-refractivity contribution in [1.29, 1.82) is 0 Å². The number of hydrogen-bond donors (Lipinski definition) is 3. The van der Waals surface area contributed by atoms with E-state index in [9.17, 15) is 10.2 Å². The zero-order valence-corrected chi connectivity index (χ0v) is 10.8. The molecule has 0 spiro atoms. The Morgan fingerprint density at radius 3 is 2.37 bits per heavy atom.